The highest BCUT2D eigenvalue weighted by Gasteiger charge is 2.22. The van der Waals surface area contributed by atoms with Gasteiger partial charge in [-0.3, -0.25) is 9.80 Å². The zero-order valence-electron chi connectivity index (χ0n) is 15.3. The van der Waals surface area contributed by atoms with Gasteiger partial charge in [0.2, 0.25) is 0 Å². The highest BCUT2D eigenvalue weighted by molar-refractivity contribution is 5.09. The van der Waals surface area contributed by atoms with Gasteiger partial charge in [0.25, 0.3) is 0 Å². The predicted molar refractivity (Wildman–Crippen MR) is 94.5 cm³/mol. The van der Waals surface area contributed by atoms with Gasteiger partial charge >= 0.3 is 0 Å². The summed E-state index contributed by atoms with van der Waals surface area (Å²) in [6.45, 7) is 18.9. The summed E-state index contributed by atoms with van der Waals surface area (Å²) in [5.74, 6) is 0. The fourth-order valence-electron chi connectivity index (χ4n) is 3.74. The minimum atomic E-state index is 1.11. The lowest BCUT2D eigenvalue weighted by atomic mass is 10.2. The van der Waals surface area contributed by atoms with Gasteiger partial charge in [0.15, 0.2) is 0 Å². The van der Waals surface area contributed by atoms with Crippen LogP contribution < -0.4 is 0 Å². The molecule has 0 N–H and O–H groups in total. The Kier molecular flexibility index (Phi) is 7.03. The largest absolute Gasteiger partial charge is 0.361 e. The van der Waals surface area contributed by atoms with E-state index in [9.17, 15) is 0 Å². The lowest BCUT2D eigenvalue weighted by molar-refractivity contribution is 0.0933. The Balaban J connectivity index is 1.98. The first kappa shape index (κ1) is 17.6. The maximum atomic E-state index is 2.60. The molecule has 0 saturated carbocycles. The van der Waals surface area contributed by atoms with Crippen LogP contribution in [0.4, 0.5) is 0 Å². The van der Waals surface area contributed by atoms with Crippen molar-refractivity contribution >= 4 is 0 Å². The van der Waals surface area contributed by atoms with Crippen LogP contribution in [0, 0.1) is 0 Å². The van der Waals surface area contributed by atoms with Gasteiger partial charge < -0.3 is 9.80 Å². The monoisotopic (exact) mass is 308 g/mol. The smallest absolute Gasteiger partial charge is 0.0704 e. The Morgan fingerprint density at radius 2 is 1.09 bits per heavy atom. The molecule has 0 bridgehead atoms. The normalized spacial score (nSPS) is 22.9. The van der Waals surface area contributed by atoms with E-state index in [0.29, 0.717) is 0 Å². The Morgan fingerprint density at radius 3 is 1.45 bits per heavy atom. The van der Waals surface area contributed by atoms with Gasteiger partial charge in [0.1, 0.15) is 0 Å². The summed E-state index contributed by atoms with van der Waals surface area (Å²) in [6.07, 6.45) is 5.11. The van der Waals surface area contributed by atoms with E-state index in [-0.39, 0.29) is 0 Å². The molecule has 128 valence electrons. The van der Waals surface area contributed by atoms with Crippen LogP contribution in [0.1, 0.15) is 53.4 Å². The van der Waals surface area contributed by atoms with Crippen molar-refractivity contribution in [3.63, 3.8) is 0 Å². The predicted octanol–water partition coefficient (Wildman–Crippen LogP) is 2.99. The fraction of sp³-hybridized carbons (Fsp3) is 0.889. The Hall–Kier alpha value is -0.740. The third-order valence-corrected chi connectivity index (χ3v) is 5.10. The van der Waals surface area contributed by atoms with Crippen molar-refractivity contribution < 1.29 is 0 Å². The molecule has 2 saturated heterocycles. The number of allylic oxidation sites excluding steroid dienone is 2. The van der Waals surface area contributed by atoms with Gasteiger partial charge in [-0.05, 0) is 52.6 Å². The molecule has 2 heterocycles. The molecule has 4 heteroatoms. The molecule has 2 aliphatic rings. The Labute approximate surface area is 137 Å². The number of hydrogen-bond donors (Lipinski definition) is 0. The summed E-state index contributed by atoms with van der Waals surface area (Å²) < 4.78 is 0. The van der Waals surface area contributed by atoms with Crippen LogP contribution >= 0.6 is 0 Å². The average molecular weight is 309 g/mol. The molecule has 0 radical (unpaired) electrons. The quantitative estimate of drug-likeness (QED) is 0.748. The van der Waals surface area contributed by atoms with E-state index in [1.54, 1.807) is 0 Å². The van der Waals surface area contributed by atoms with Crippen molar-refractivity contribution in [1.82, 2.24) is 19.6 Å². The standard InChI is InChI=1S/C18H36N4/c1-5-9-19-11-7-13-21(15-19)17(3)18(4)22-14-8-12-20(16-22)10-6-2/h5-16H2,1-4H3/b18-17+. The van der Waals surface area contributed by atoms with Crippen molar-refractivity contribution in [2.24, 2.45) is 0 Å². The van der Waals surface area contributed by atoms with Gasteiger partial charge in [0, 0.05) is 37.6 Å². The second kappa shape index (κ2) is 8.78. The van der Waals surface area contributed by atoms with E-state index in [1.807, 2.05) is 0 Å². The van der Waals surface area contributed by atoms with Crippen LogP contribution in [0.25, 0.3) is 0 Å². The minimum absolute atomic E-state index is 1.11. The summed E-state index contributed by atoms with van der Waals surface area (Å²) in [4.78, 5) is 10.4. The maximum absolute atomic E-state index is 2.60. The van der Waals surface area contributed by atoms with Gasteiger partial charge in [-0.15, -0.1) is 0 Å². The highest BCUT2D eigenvalue weighted by atomic mass is 15.4. The molecule has 0 aromatic carbocycles. The minimum Gasteiger partial charge on any atom is -0.361 e. The second-order valence-electron chi connectivity index (χ2n) is 6.92. The molecule has 0 aromatic rings. The third kappa shape index (κ3) is 4.63. The van der Waals surface area contributed by atoms with E-state index < -0.39 is 0 Å². The number of hydrogen-bond acceptors (Lipinski definition) is 4. The SMILES string of the molecule is CCCN1CCCN(/C(C)=C(\C)N2CCCN(CCC)C2)C1. The van der Waals surface area contributed by atoms with Gasteiger partial charge in [-0.2, -0.15) is 0 Å². The first-order chi connectivity index (χ1) is 10.7. The van der Waals surface area contributed by atoms with Crippen LogP contribution in [-0.4, -0.2) is 72.2 Å². The summed E-state index contributed by atoms with van der Waals surface area (Å²) >= 11 is 0. The van der Waals surface area contributed by atoms with E-state index in [0.717, 1.165) is 13.3 Å². The second-order valence-corrected chi connectivity index (χ2v) is 6.92. The molecule has 0 aromatic heterocycles. The zero-order chi connectivity index (χ0) is 15.9. The Morgan fingerprint density at radius 1 is 0.682 bits per heavy atom. The molecule has 0 unspecified atom stereocenters. The van der Waals surface area contributed by atoms with Crippen LogP contribution in [0.3, 0.4) is 0 Å². The first-order valence-electron chi connectivity index (χ1n) is 9.27. The van der Waals surface area contributed by atoms with E-state index >= 15 is 0 Å². The summed E-state index contributed by atoms with van der Waals surface area (Å²) in [5, 5.41) is 0. The molecule has 0 amide bonds. The van der Waals surface area contributed by atoms with Crippen molar-refractivity contribution in [3.8, 4) is 0 Å². The van der Waals surface area contributed by atoms with Crippen LogP contribution in [0.2, 0.25) is 0 Å². The summed E-state index contributed by atoms with van der Waals surface area (Å²) in [6, 6.07) is 0. The van der Waals surface area contributed by atoms with Crippen molar-refractivity contribution in [1.29, 1.82) is 0 Å². The third-order valence-electron chi connectivity index (χ3n) is 5.10. The lowest BCUT2D eigenvalue weighted by Crippen LogP contribution is -2.47. The molecule has 0 spiro atoms. The summed E-state index contributed by atoms with van der Waals surface area (Å²) in [5.41, 5.74) is 2.97. The van der Waals surface area contributed by atoms with Crippen molar-refractivity contribution in [2.45, 2.75) is 53.4 Å². The zero-order valence-corrected chi connectivity index (χ0v) is 15.3. The van der Waals surface area contributed by atoms with Crippen LogP contribution in [-0.2, 0) is 0 Å². The lowest BCUT2D eigenvalue weighted by Gasteiger charge is -2.42. The molecule has 0 aliphatic carbocycles. The molecular formula is C18H36N4. The van der Waals surface area contributed by atoms with E-state index in [4.69, 9.17) is 0 Å². The molecule has 2 rings (SSSR count). The average Bonchev–Trinajstić information content (AvgIpc) is 2.55. The van der Waals surface area contributed by atoms with Gasteiger partial charge in [-0.25, -0.2) is 0 Å². The Bertz CT molecular complexity index is 328. The van der Waals surface area contributed by atoms with Crippen molar-refractivity contribution in [2.75, 3.05) is 52.6 Å². The van der Waals surface area contributed by atoms with Crippen LogP contribution in [0.15, 0.2) is 11.4 Å². The van der Waals surface area contributed by atoms with Gasteiger partial charge in [0.05, 0.1) is 13.3 Å². The van der Waals surface area contributed by atoms with E-state index in [1.165, 1.54) is 76.3 Å². The molecule has 22 heavy (non-hydrogen) atoms. The highest BCUT2D eigenvalue weighted by Crippen LogP contribution is 2.20. The molecular weight excluding hydrogens is 272 g/mol. The van der Waals surface area contributed by atoms with E-state index in [2.05, 4.69) is 47.3 Å². The molecule has 2 fully saturated rings. The molecule has 2 aliphatic heterocycles. The first-order valence-corrected chi connectivity index (χ1v) is 9.27. The number of rotatable bonds is 6. The van der Waals surface area contributed by atoms with Gasteiger partial charge in [-0.1, -0.05) is 13.8 Å². The summed E-state index contributed by atoms with van der Waals surface area (Å²) in [7, 11) is 0. The fourth-order valence-corrected chi connectivity index (χ4v) is 3.74. The maximum Gasteiger partial charge on any atom is 0.0704 e. The van der Waals surface area contributed by atoms with Crippen LogP contribution in [0.5, 0.6) is 0 Å². The topological polar surface area (TPSA) is 13.0 Å². The molecule has 4 nitrogen and oxygen atoms in total. The van der Waals surface area contributed by atoms with Crippen molar-refractivity contribution in [3.05, 3.63) is 11.4 Å². The molecule has 0 atom stereocenters. The number of nitrogens with zero attached hydrogens (tertiary/aromatic N) is 4.